The van der Waals surface area contributed by atoms with Gasteiger partial charge >= 0.3 is 0 Å². The fraction of sp³-hybridized carbons (Fsp3) is 0.778. The first kappa shape index (κ1) is 10.9. The Morgan fingerprint density at radius 2 is 2.09 bits per heavy atom. The molecule has 1 unspecified atom stereocenters. The average molecular weight is 172 g/mol. The van der Waals surface area contributed by atoms with E-state index in [1.807, 2.05) is 13.2 Å². The predicted octanol–water partition coefficient (Wildman–Crippen LogP) is 3.19. The Morgan fingerprint density at radius 1 is 1.55 bits per heavy atom. The first-order chi connectivity index (χ1) is 5.04. The van der Waals surface area contributed by atoms with Gasteiger partial charge in [0, 0.05) is 7.11 Å². The second-order valence-electron chi connectivity index (χ2n) is 3.57. The zero-order valence-electron chi connectivity index (χ0n) is 8.18. The summed E-state index contributed by atoms with van der Waals surface area (Å²) in [6.07, 6.45) is 4.31. The molecule has 0 aromatic carbocycles. The average Bonchev–Trinajstić information content (AvgIpc) is 2.00. The van der Waals surface area contributed by atoms with Crippen molar-refractivity contribution in [2.45, 2.75) is 38.4 Å². The lowest BCUT2D eigenvalue weighted by Gasteiger charge is -2.27. The molecule has 0 saturated carbocycles. The molecule has 0 heterocycles. The minimum Gasteiger partial charge on any atom is -0.420 e. The molecule has 0 N–H and O–H groups in total. The van der Waals surface area contributed by atoms with Crippen LogP contribution in [0.3, 0.4) is 0 Å². The molecular formula is C9H20OSi. The normalized spacial score (nSPS) is 14.5. The van der Waals surface area contributed by atoms with Crippen LogP contribution >= 0.6 is 0 Å². The molecule has 0 fully saturated rings. The molecule has 0 aromatic rings. The maximum absolute atomic E-state index is 5.50. The standard InChI is InChI=1S/C9H20OSi/c1-6-7-8-9(2)11(4,5)10-3/h6,9H,1,7-8H2,2-5H3. The fourth-order valence-corrected chi connectivity index (χ4v) is 2.18. The van der Waals surface area contributed by atoms with E-state index < -0.39 is 8.32 Å². The maximum Gasteiger partial charge on any atom is 0.188 e. The zero-order chi connectivity index (χ0) is 8.91. The molecule has 0 bridgehead atoms. The highest BCUT2D eigenvalue weighted by atomic mass is 28.4. The molecule has 2 heteroatoms. The smallest absolute Gasteiger partial charge is 0.188 e. The number of allylic oxidation sites excluding steroid dienone is 1. The van der Waals surface area contributed by atoms with Crippen molar-refractivity contribution in [1.82, 2.24) is 0 Å². The van der Waals surface area contributed by atoms with Crippen molar-refractivity contribution in [3.8, 4) is 0 Å². The molecule has 0 spiro atoms. The summed E-state index contributed by atoms with van der Waals surface area (Å²) in [6.45, 7) is 10.5. The second kappa shape index (κ2) is 4.73. The van der Waals surface area contributed by atoms with Crippen molar-refractivity contribution < 1.29 is 4.43 Å². The van der Waals surface area contributed by atoms with E-state index in [4.69, 9.17) is 4.43 Å². The minimum atomic E-state index is -1.37. The number of hydrogen-bond donors (Lipinski definition) is 0. The number of rotatable bonds is 5. The zero-order valence-corrected chi connectivity index (χ0v) is 9.18. The molecule has 66 valence electrons. The third kappa shape index (κ3) is 3.73. The van der Waals surface area contributed by atoms with Crippen LogP contribution in [-0.2, 0) is 4.43 Å². The largest absolute Gasteiger partial charge is 0.420 e. The molecule has 0 aliphatic heterocycles. The molecule has 1 atom stereocenters. The summed E-state index contributed by atoms with van der Waals surface area (Å²) in [5, 5.41) is 0. The van der Waals surface area contributed by atoms with E-state index in [-0.39, 0.29) is 0 Å². The summed E-state index contributed by atoms with van der Waals surface area (Å²) in [4.78, 5) is 0. The Hall–Kier alpha value is -0.0831. The Morgan fingerprint density at radius 3 is 2.45 bits per heavy atom. The van der Waals surface area contributed by atoms with E-state index in [9.17, 15) is 0 Å². The van der Waals surface area contributed by atoms with Gasteiger partial charge in [-0.3, -0.25) is 0 Å². The molecule has 0 rings (SSSR count). The van der Waals surface area contributed by atoms with E-state index >= 15 is 0 Å². The minimum absolute atomic E-state index is 0.727. The van der Waals surface area contributed by atoms with Crippen LogP contribution in [-0.4, -0.2) is 15.4 Å². The van der Waals surface area contributed by atoms with Crippen LogP contribution in [0.5, 0.6) is 0 Å². The van der Waals surface area contributed by atoms with Crippen LogP contribution in [0, 0.1) is 0 Å². The van der Waals surface area contributed by atoms with Gasteiger partial charge < -0.3 is 4.43 Å². The van der Waals surface area contributed by atoms with E-state index in [1.165, 1.54) is 6.42 Å². The van der Waals surface area contributed by atoms with Gasteiger partial charge in [0.2, 0.25) is 0 Å². The van der Waals surface area contributed by atoms with Crippen LogP contribution in [0.4, 0.5) is 0 Å². The van der Waals surface area contributed by atoms with Gasteiger partial charge in [0.25, 0.3) is 0 Å². The maximum atomic E-state index is 5.50. The van der Waals surface area contributed by atoms with Crippen molar-refractivity contribution in [3.63, 3.8) is 0 Å². The highest BCUT2D eigenvalue weighted by Crippen LogP contribution is 2.26. The molecule has 0 aromatic heterocycles. The van der Waals surface area contributed by atoms with E-state index in [1.54, 1.807) is 0 Å². The van der Waals surface area contributed by atoms with Gasteiger partial charge in [-0.1, -0.05) is 13.0 Å². The van der Waals surface area contributed by atoms with Crippen molar-refractivity contribution in [2.75, 3.05) is 7.11 Å². The first-order valence-electron chi connectivity index (χ1n) is 4.20. The van der Waals surface area contributed by atoms with Gasteiger partial charge in [-0.25, -0.2) is 0 Å². The Bertz CT molecular complexity index is 121. The summed E-state index contributed by atoms with van der Waals surface area (Å²) in [7, 11) is 0.464. The SMILES string of the molecule is C=CCCC(C)[Si](C)(C)OC. The lowest BCUT2D eigenvalue weighted by molar-refractivity contribution is 0.389. The Kier molecular flexibility index (Phi) is 4.69. The summed E-state index contributed by atoms with van der Waals surface area (Å²) in [5.41, 5.74) is 0.727. The lowest BCUT2D eigenvalue weighted by atomic mass is 10.2. The van der Waals surface area contributed by atoms with Gasteiger partial charge in [-0.15, -0.1) is 6.58 Å². The summed E-state index contributed by atoms with van der Waals surface area (Å²) in [6, 6.07) is 0. The van der Waals surface area contributed by atoms with E-state index in [0.29, 0.717) is 0 Å². The Labute approximate surface area is 71.6 Å². The molecule has 1 nitrogen and oxygen atoms in total. The third-order valence-electron chi connectivity index (χ3n) is 2.52. The molecule has 0 amide bonds. The van der Waals surface area contributed by atoms with Gasteiger partial charge in [0.05, 0.1) is 0 Å². The van der Waals surface area contributed by atoms with Crippen molar-refractivity contribution in [2.24, 2.45) is 0 Å². The van der Waals surface area contributed by atoms with E-state index in [2.05, 4.69) is 26.6 Å². The monoisotopic (exact) mass is 172 g/mol. The van der Waals surface area contributed by atoms with Gasteiger partial charge in [0.15, 0.2) is 8.32 Å². The van der Waals surface area contributed by atoms with Crippen molar-refractivity contribution in [1.29, 1.82) is 0 Å². The topological polar surface area (TPSA) is 9.23 Å². The lowest BCUT2D eigenvalue weighted by Crippen LogP contribution is -2.33. The van der Waals surface area contributed by atoms with Gasteiger partial charge in [0.1, 0.15) is 0 Å². The second-order valence-corrected chi connectivity index (χ2v) is 8.18. The highest BCUT2D eigenvalue weighted by Gasteiger charge is 2.27. The molecule has 0 radical (unpaired) electrons. The fourth-order valence-electron chi connectivity index (χ4n) is 0.917. The van der Waals surface area contributed by atoms with E-state index in [0.717, 1.165) is 12.0 Å². The molecular weight excluding hydrogens is 152 g/mol. The summed E-state index contributed by atoms with van der Waals surface area (Å²) < 4.78 is 5.50. The van der Waals surface area contributed by atoms with Crippen molar-refractivity contribution >= 4 is 8.32 Å². The number of hydrogen-bond acceptors (Lipinski definition) is 1. The molecule has 11 heavy (non-hydrogen) atoms. The van der Waals surface area contributed by atoms with Crippen LogP contribution in [0.2, 0.25) is 18.6 Å². The van der Waals surface area contributed by atoms with Crippen molar-refractivity contribution in [3.05, 3.63) is 12.7 Å². The van der Waals surface area contributed by atoms with Crippen LogP contribution < -0.4 is 0 Å². The summed E-state index contributed by atoms with van der Waals surface area (Å²) in [5.74, 6) is 0. The first-order valence-corrected chi connectivity index (χ1v) is 7.19. The van der Waals surface area contributed by atoms with Crippen LogP contribution in [0.25, 0.3) is 0 Å². The molecule has 0 aliphatic rings. The highest BCUT2D eigenvalue weighted by molar-refractivity contribution is 6.72. The third-order valence-corrected chi connectivity index (χ3v) is 6.23. The Balaban J connectivity index is 3.80. The summed E-state index contributed by atoms with van der Waals surface area (Å²) >= 11 is 0. The quantitative estimate of drug-likeness (QED) is 0.457. The molecule has 0 saturated heterocycles. The van der Waals surface area contributed by atoms with Crippen LogP contribution in [0.15, 0.2) is 12.7 Å². The van der Waals surface area contributed by atoms with Crippen LogP contribution in [0.1, 0.15) is 19.8 Å². The molecule has 0 aliphatic carbocycles. The predicted molar refractivity (Wildman–Crippen MR) is 53.3 cm³/mol. The van der Waals surface area contributed by atoms with Gasteiger partial charge in [-0.2, -0.15) is 0 Å². The van der Waals surface area contributed by atoms with Gasteiger partial charge in [-0.05, 0) is 31.5 Å².